The van der Waals surface area contributed by atoms with E-state index in [1.165, 1.54) is 0 Å². The minimum atomic E-state index is -1.76. The number of benzene rings is 1. The molecule has 9 nitrogen and oxygen atoms in total. The van der Waals surface area contributed by atoms with Gasteiger partial charge in [0.05, 0.1) is 18.4 Å². The molecule has 5 N–H and O–H groups in total. The second-order valence-corrected chi connectivity index (χ2v) is 6.29. The van der Waals surface area contributed by atoms with Crippen LogP contribution >= 0.6 is 0 Å². The van der Waals surface area contributed by atoms with Crippen LogP contribution in [0.15, 0.2) is 18.2 Å². The molecule has 1 aromatic carbocycles. The van der Waals surface area contributed by atoms with Crippen molar-refractivity contribution in [2.45, 2.75) is 57.3 Å². The number of nitrogens with one attached hydrogen (secondary N) is 1. The normalized spacial score (nSPS) is 28.8. The van der Waals surface area contributed by atoms with Gasteiger partial charge in [0.15, 0.2) is 6.10 Å². The number of aliphatic hydroxyl groups excluding tert-OH is 3. The molecule has 0 aromatic heterocycles. The van der Waals surface area contributed by atoms with Crippen LogP contribution in [-0.4, -0.2) is 70.3 Å². The predicted octanol–water partition coefficient (Wildman–Crippen LogP) is -0.0757. The third-order valence-corrected chi connectivity index (χ3v) is 3.95. The first-order chi connectivity index (χ1) is 12.2. The van der Waals surface area contributed by atoms with Crippen molar-refractivity contribution in [1.82, 2.24) is 0 Å². The lowest BCUT2D eigenvalue weighted by Crippen LogP contribution is -2.61. The lowest BCUT2D eigenvalue weighted by atomic mass is 9.99. The number of rotatable bonds is 7. The van der Waals surface area contributed by atoms with E-state index in [0.717, 1.165) is 5.56 Å². The molecule has 1 saturated heterocycles. The fourth-order valence-corrected chi connectivity index (χ4v) is 2.50. The maximum absolute atomic E-state index is 11.2. The molecule has 0 saturated carbocycles. The number of carbonyl (C=O) groups is 1. The van der Waals surface area contributed by atoms with Crippen molar-refractivity contribution in [3.8, 4) is 5.75 Å². The monoisotopic (exact) mass is 371 g/mol. The van der Waals surface area contributed by atoms with Gasteiger partial charge in [0, 0.05) is 7.05 Å². The first kappa shape index (κ1) is 20.4. The van der Waals surface area contributed by atoms with Crippen molar-refractivity contribution in [3.05, 3.63) is 23.8 Å². The summed E-state index contributed by atoms with van der Waals surface area (Å²) < 4.78 is 16.2. The molecular formula is C17H25NO8. The Hall–Kier alpha value is -1.91. The van der Waals surface area contributed by atoms with Crippen molar-refractivity contribution < 1.29 is 39.4 Å². The number of ether oxygens (including phenoxy) is 3. The molecule has 9 heteroatoms. The van der Waals surface area contributed by atoms with Gasteiger partial charge in [-0.2, -0.15) is 0 Å². The summed E-state index contributed by atoms with van der Waals surface area (Å²) in [6.45, 7) is 4.26. The molecule has 5 atom stereocenters. The van der Waals surface area contributed by atoms with Crippen molar-refractivity contribution in [3.63, 3.8) is 0 Å². The smallest absolute Gasteiger partial charge is 0.335 e. The van der Waals surface area contributed by atoms with Gasteiger partial charge in [-0.05, 0) is 31.5 Å². The Morgan fingerprint density at radius 3 is 2.50 bits per heavy atom. The van der Waals surface area contributed by atoms with E-state index < -0.39 is 36.7 Å². The second kappa shape index (κ2) is 8.65. The van der Waals surface area contributed by atoms with Gasteiger partial charge in [-0.1, -0.05) is 6.07 Å². The van der Waals surface area contributed by atoms with Crippen LogP contribution in [-0.2, 0) is 20.9 Å². The van der Waals surface area contributed by atoms with Crippen LogP contribution in [0.3, 0.4) is 0 Å². The van der Waals surface area contributed by atoms with Gasteiger partial charge >= 0.3 is 5.97 Å². The SMILES string of the molecule is CNc1cc(COC(C)C)ccc1OC1OC(C(=O)O)C(O)C(O)C1O. The van der Waals surface area contributed by atoms with E-state index in [4.69, 9.17) is 19.3 Å². The molecule has 1 aliphatic heterocycles. The van der Waals surface area contributed by atoms with Crippen LogP contribution < -0.4 is 10.1 Å². The van der Waals surface area contributed by atoms with Crippen LogP contribution in [0.1, 0.15) is 19.4 Å². The van der Waals surface area contributed by atoms with Gasteiger partial charge < -0.3 is 40.0 Å². The number of carboxylic acid groups (broad SMARTS) is 1. The Labute approximate surface area is 151 Å². The minimum Gasteiger partial charge on any atom is -0.479 e. The van der Waals surface area contributed by atoms with Crippen molar-refractivity contribution in [1.29, 1.82) is 0 Å². The lowest BCUT2D eigenvalue weighted by molar-refractivity contribution is -0.271. The molecule has 1 aromatic rings. The van der Waals surface area contributed by atoms with Gasteiger partial charge in [-0.3, -0.25) is 0 Å². The Morgan fingerprint density at radius 2 is 1.92 bits per heavy atom. The van der Waals surface area contributed by atoms with E-state index >= 15 is 0 Å². The Kier molecular flexibility index (Phi) is 6.79. The summed E-state index contributed by atoms with van der Waals surface area (Å²) in [5, 5.41) is 41.6. The molecule has 26 heavy (non-hydrogen) atoms. The van der Waals surface area contributed by atoms with Gasteiger partial charge in [-0.15, -0.1) is 0 Å². The van der Waals surface area contributed by atoms with E-state index in [1.807, 2.05) is 13.8 Å². The molecule has 5 unspecified atom stereocenters. The summed E-state index contributed by atoms with van der Waals surface area (Å²) >= 11 is 0. The van der Waals surface area contributed by atoms with Crippen molar-refractivity contribution in [2.75, 3.05) is 12.4 Å². The van der Waals surface area contributed by atoms with E-state index in [1.54, 1.807) is 25.2 Å². The highest BCUT2D eigenvalue weighted by Gasteiger charge is 2.48. The molecule has 0 radical (unpaired) electrons. The molecule has 2 rings (SSSR count). The second-order valence-electron chi connectivity index (χ2n) is 6.29. The molecule has 146 valence electrons. The van der Waals surface area contributed by atoms with Crippen LogP contribution in [0.4, 0.5) is 5.69 Å². The zero-order valence-electron chi connectivity index (χ0n) is 14.8. The average molecular weight is 371 g/mol. The quantitative estimate of drug-likeness (QED) is 0.446. The molecule has 1 fully saturated rings. The van der Waals surface area contributed by atoms with E-state index in [9.17, 15) is 20.1 Å². The largest absolute Gasteiger partial charge is 0.479 e. The Balaban J connectivity index is 2.16. The fraction of sp³-hybridized carbons (Fsp3) is 0.588. The van der Waals surface area contributed by atoms with Crippen LogP contribution in [0, 0.1) is 0 Å². The fourth-order valence-electron chi connectivity index (χ4n) is 2.50. The molecule has 0 spiro atoms. The number of anilines is 1. The maximum Gasteiger partial charge on any atom is 0.335 e. The Bertz CT molecular complexity index is 623. The standard InChI is InChI=1S/C17H25NO8/c1-8(2)24-7-9-4-5-11(10(6-9)18-3)25-17-14(21)12(19)13(20)15(26-17)16(22)23/h4-6,8,12-15,17-21H,7H2,1-3H3,(H,22,23). The summed E-state index contributed by atoms with van der Waals surface area (Å²) in [6.07, 6.45) is -8.19. The lowest BCUT2D eigenvalue weighted by Gasteiger charge is -2.38. The molecular weight excluding hydrogens is 346 g/mol. The van der Waals surface area contributed by atoms with E-state index in [2.05, 4.69) is 5.32 Å². The van der Waals surface area contributed by atoms with Gasteiger partial charge in [0.1, 0.15) is 24.1 Å². The molecule has 0 aliphatic carbocycles. The third kappa shape index (κ3) is 4.63. The zero-order valence-corrected chi connectivity index (χ0v) is 14.8. The average Bonchev–Trinajstić information content (AvgIpc) is 2.60. The van der Waals surface area contributed by atoms with E-state index in [0.29, 0.717) is 12.3 Å². The number of aliphatic carboxylic acids is 1. The Morgan fingerprint density at radius 1 is 1.23 bits per heavy atom. The number of aliphatic hydroxyl groups is 3. The summed E-state index contributed by atoms with van der Waals surface area (Å²) in [4.78, 5) is 11.2. The topological polar surface area (TPSA) is 138 Å². The summed E-state index contributed by atoms with van der Waals surface area (Å²) in [7, 11) is 1.67. The van der Waals surface area contributed by atoms with Gasteiger partial charge in [-0.25, -0.2) is 4.79 Å². The van der Waals surface area contributed by atoms with Crippen molar-refractivity contribution >= 4 is 11.7 Å². The highest BCUT2D eigenvalue weighted by molar-refractivity contribution is 5.73. The molecule has 1 heterocycles. The summed E-state index contributed by atoms with van der Waals surface area (Å²) in [5.41, 5.74) is 1.46. The molecule has 0 bridgehead atoms. The number of hydrogen-bond donors (Lipinski definition) is 5. The molecule has 1 aliphatic rings. The highest BCUT2D eigenvalue weighted by atomic mass is 16.7. The zero-order chi connectivity index (χ0) is 19.4. The molecule has 0 amide bonds. The first-order valence-corrected chi connectivity index (χ1v) is 8.26. The van der Waals surface area contributed by atoms with Gasteiger partial charge in [0.2, 0.25) is 6.29 Å². The number of hydrogen-bond acceptors (Lipinski definition) is 8. The summed E-state index contributed by atoms with van der Waals surface area (Å²) in [6, 6.07) is 5.16. The minimum absolute atomic E-state index is 0.0793. The van der Waals surface area contributed by atoms with Gasteiger partial charge in [0.25, 0.3) is 0 Å². The third-order valence-electron chi connectivity index (χ3n) is 3.95. The van der Waals surface area contributed by atoms with E-state index in [-0.39, 0.29) is 11.9 Å². The summed E-state index contributed by atoms with van der Waals surface area (Å²) in [5.74, 6) is -1.18. The van der Waals surface area contributed by atoms with Crippen LogP contribution in [0.5, 0.6) is 5.75 Å². The maximum atomic E-state index is 11.2. The van der Waals surface area contributed by atoms with Crippen molar-refractivity contribution in [2.24, 2.45) is 0 Å². The van der Waals surface area contributed by atoms with Crippen LogP contribution in [0.25, 0.3) is 0 Å². The predicted molar refractivity (Wildman–Crippen MR) is 90.9 cm³/mol. The number of carboxylic acids is 1. The first-order valence-electron chi connectivity index (χ1n) is 8.26. The van der Waals surface area contributed by atoms with Crippen LogP contribution in [0.2, 0.25) is 0 Å². The highest BCUT2D eigenvalue weighted by Crippen LogP contribution is 2.30.